The van der Waals surface area contributed by atoms with Crippen LogP contribution in [0, 0.1) is 11.8 Å². The summed E-state index contributed by atoms with van der Waals surface area (Å²) >= 11 is 0. The fourth-order valence-electron chi connectivity index (χ4n) is 3.24. The number of amides is 3. The van der Waals surface area contributed by atoms with E-state index in [2.05, 4.69) is 16.0 Å². The summed E-state index contributed by atoms with van der Waals surface area (Å²) in [6, 6.07) is 0.887. The Kier molecular flexibility index (Phi) is 11.8. The first-order chi connectivity index (χ1) is 16.8. The Morgan fingerprint density at radius 3 is 1.89 bits per heavy atom. The third-order valence-corrected chi connectivity index (χ3v) is 5.82. The van der Waals surface area contributed by atoms with Crippen LogP contribution in [-0.2, 0) is 30.4 Å². The molecule has 0 saturated carbocycles. The monoisotopic (exact) mass is 508 g/mol. The van der Waals surface area contributed by atoms with E-state index in [1.54, 1.807) is 20.8 Å². The number of carbonyl (C=O) groups is 5. The molecule has 1 aromatic carbocycles. The smallest absolute Gasteiger partial charge is 0.326 e. The molecular formula is C24H36N4O8. The molecule has 5 unspecified atom stereocenters. The molecule has 0 saturated heterocycles. The van der Waals surface area contributed by atoms with Crippen LogP contribution in [0.3, 0.4) is 0 Å². The van der Waals surface area contributed by atoms with E-state index in [1.807, 2.05) is 6.92 Å². The second kappa shape index (κ2) is 14.0. The number of hydrogen-bond acceptors (Lipinski definition) is 7. The second-order valence-electron chi connectivity index (χ2n) is 9.07. The average molecular weight is 509 g/mol. The third kappa shape index (κ3) is 9.53. The van der Waals surface area contributed by atoms with Crippen molar-refractivity contribution in [1.82, 2.24) is 16.0 Å². The molecule has 0 aliphatic rings. The number of aromatic hydroxyl groups is 1. The molecule has 0 aliphatic carbocycles. The number of carbonyl (C=O) groups excluding carboxylic acids is 3. The first kappa shape index (κ1) is 30.4. The highest BCUT2D eigenvalue weighted by Crippen LogP contribution is 2.14. The highest BCUT2D eigenvalue weighted by molar-refractivity contribution is 5.95. The molecule has 0 spiro atoms. The van der Waals surface area contributed by atoms with Crippen LogP contribution in [-0.4, -0.2) is 69.1 Å². The lowest BCUT2D eigenvalue weighted by Gasteiger charge is -2.28. The van der Waals surface area contributed by atoms with Gasteiger partial charge in [-0.25, -0.2) is 4.79 Å². The van der Waals surface area contributed by atoms with Gasteiger partial charge < -0.3 is 37.0 Å². The average Bonchev–Trinajstić information content (AvgIpc) is 2.81. The zero-order valence-electron chi connectivity index (χ0n) is 20.9. The molecule has 8 N–H and O–H groups in total. The van der Waals surface area contributed by atoms with E-state index in [4.69, 9.17) is 10.8 Å². The van der Waals surface area contributed by atoms with E-state index in [1.165, 1.54) is 24.3 Å². The number of phenolic OH excluding ortho intramolecular Hbond substituents is 1. The lowest BCUT2D eigenvalue weighted by atomic mass is 9.96. The summed E-state index contributed by atoms with van der Waals surface area (Å²) in [7, 11) is 0. The molecule has 0 heterocycles. The molecular weight excluding hydrogens is 472 g/mol. The van der Waals surface area contributed by atoms with Gasteiger partial charge in [-0.3, -0.25) is 19.2 Å². The normalized spacial score (nSPS) is 15.2. The topological polar surface area (TPSA) is 208 Å². The number of carboxylic acids is 2. The summed E-state index contributed by atoms with van der Waals surface area (Å²) in [5.41, 5.74) is 6.44. The van der Waals surface area contributed by atoms with Crippen molar-refractivity contribution in [3.8, 4) is 5.75 Å². The minimum atomic E-state index is -1.72. The Bertz CT molecular complexity index is 935. The Morgan fingerprint density at radius 2 is 1.42 bits per heavy atom. The van der Waals surface area contributed by atoms with Crippen molar-refractivity contribution >= 4 is 29.7 Å². The van der Waals surface area contributed by atoms with Gasteiger partial charge in [-0.1, -0.05) is 46.2 Å². The van der Waals surface area contributed by atoms with Gasteiger partial charge in [0.05, 0.1) is 12.5 Å². The molecule has 5 atom stereocenters. The summed E-state index contributed by atoms with van der Waals surface area (Å²) in [6.07, 6.45) is -0.437. The maximum absolute atomic E-state index is 13.2. The number of nitrogens with one attached hydrogen (secondary N) is 3. The van der Waals surface area contributed by atoms with Gasteiger partial charge in [-0.2, -0.15) is 0 Å². The standard InChI is InChI=1S/C24H36N4O8/c1-5-13(4)20(28-22(33)19(25)12(2)3)23(34)26-16(10-14-6-8-15(29)9-7-14)21(32)27-17(24(35)36)11-18(30)31/h6-9,12-13,16-17,19-20,29H,5,10-11,25H2,1-4H3,(H,26,34)(H,27,32)(H,28,33)(H,30,31)(H,35,36). The number of nitrogens with two attached hydrogens (primary N) is 1. The fourth-order valence-corrected chi connectivity index (χ4v) is 3.24. The maximum Gasteiger partial charge on any atom is 0.326 e. The van der Waals surface area contributed by atoms with Crippen molar-refractivity contribution in [2.24, 2.45) is 17.6 Å². The van der Waals surface area contributed by atoms with E-state index >= 15 is 0 Å². The van der Waals surface area contributed by atoms with Crippen molar-refractivity contribution in [3.63, 3.8) is 0 Å². The van der Waals surface area contributed by atoms with Gasteiger partial charge in [0, 0.05) is 6.42 Å². The number of hydrogen-bond donors (Lipinski definition) is 7. The number of aliphatic carboxylic acids is 2. The summed E-state index contributed by atoms with van der Waals surface area (Å²) in [5, 5.41) is 35.1. The summed E-state index contributed by atoms with van der Waals surface area (Å²) < 4.78 is 0. The van der Waals surface area contributed by atoms with Crippen LogP contribution in [0.1, 0.15) is 46.1 Å². The first-order valence-electron chi connectivity index (χ1n) is 11.7. The second-order valence-corrected chi connectivity index (χ2v) is 9.07. The van der Waals surface area contributed by atoms with E-state index in [-0.39, 0.29) is 24.0 Å². The molecule has 1 aromatic rings. The zero-order chi connectivity index (χ0) is 27.6. The van der Waals surface area contributed by atoms with Crippen LogP contribution < -0.4 is 21.7 Å². The van der Waals surface area contributed by atoms with Crippen molar-refractivity contribution in [1.29, 1.82) is 0 Å². The Labute approximate surface area is 209 Å². The predicted molar refractivity (Wildman–Crippen MR) is 130 cm³/mol. The van der Waals surface area contributed by atoms with Crippen molar-refractivity contribution in [3.05, 3.63) is 29.8 Å². The molecule has 3 amide bonds. The van der Waals surface area contributed by atoms with E-state index in [0.717, 1.165) is 0 Å². The van der Waals surface area contributed by atoms with Crippen LogP contribution in [0.5, 0.6) is 5.75 Å². The molecule has 0 aliphatic heterocycles. The Morgan fingerprint density at radius 1 is 0.861 bits per heavy atom. The lowest BCUT2D eigenvalue weighted by molar-refractivity contribution is -0.147. The number of phenols is 1. The van der Waals surface area contributed by atoms with E-state index in [9.17, 15) is 34.2 Å². The van der Waals surface area contributed by atoms with Crippen molar-refractivity contribution in [2.45, 2.75) is 71.1 Å². The Hall–Kier alpha value is -3.67. The highest BCUT2D eigenvalue weighted by atomic mass is 16.4. The molecule has 1 rings (SSSR count). The molecule has 36 heavy (non-hydrogen) atoms. The number of benzene rings is 1. The minimum Gasteiger partial charge on any atom is -0.508 e. The van der Waals surface area contributed by atoms with Gasteiger partial charge >= 0.3 is 11.9 Å². The van der Waals surface area contributed by atoms with Gasteiger partial charge in [0.2, 0.25) is 17.7 Å². The minimum absolute atomic E-state index is 0.0165. The van der Waals surface area contributed by atoms with Gasteiger partial charge in [0.1, 0.15) is 23.9 Å². The first-order valence-corrected chi connectivity index (χ1v) is 11.7. The predicted octanol–water partition coefficient (Wildman–Crippen LogP) is -0.0222. The van der Waals surface area contributed by atoms with Gasteiger partial charge in [0.15, 0.2) is 0 Å². The largest absolute Gasteiger partial charge is 0.508 e. The van der Waals surface area contributed by atoms with Crippen LogP contribution in [0.25, 0.3) is 0 Å². The van der Waals surface area contributed by atoms with E-state index < -0.39 is 60.2 Å². The van der Waals surface area contributed by atoms with Crippen molar-refractivity contribution in [2.75, 3.05) is 0 Å². The SMILES string of the molecule is CCC(C)C(NC(=O)C(N)C(C)C)C(=O)NC(Cc1ccc(O)cc1)C(=O)NC(CC(=O)O)C(=O)O. The highest BCUT2D eigenvalue weighted by Gasteiger charge is 2.33. The van der Waals surface area contributed by atoms with Crippen LogP contribution in [0.2, 0.25) is 0 Å². The molecule has 12 nitrogen and oxygen atoms in total. The molecule has 200 valence electrons. The summed E-state index contributed by atoms with van der Waals surface area (Å²) in [4.78, 5) is 61.2. The third-order valence-electron chi connectivity index (χ3n) is 5.82. The van der Waals surface area contributed by atoms with Crippen LogP contribution in [0.15, 0.2) is 24.3 Å². The quantitative estimate of drug-likeness (QED) is 0.180. The fraction of sp³-hybridized carbons (Fsp3) is 0.542. The van der Waals surface area contributed by atoms with Gasteiger partial charge in [0.25, 0.3) is 0 Å². The maximum atomic E-state index is 13.2. The summed E-state index contributed by atoms with van der Waals surface area (Å²) in [6.45, 7) is 7.09. The van der Waals surface area contributed by atoms with Gasteiger partial charge in [-0.15, -0.1) is 0 Å². The zero-order valence-corrected chi connectivity index (χ0v) is 20.9. The molecule has 0 radical (unpaired) electrons. The molecule has 12 heteroatoms. The molecule has 0 fully saturated rings. The molecule has 0 bridgehead atoms. The van der Waals surface area contributed by atoms with Crippen molar-refractivity contribution < 1.29 is 39.3 Å². The number of carboxylic acid groups (broad SMARTS) is 2. The van der Waals surface area contributed by atoms with Crippen LogP contribution in [0.4, 0.5) is 0 Å². The lowest BCUT2D eigenvalue weighted by Crippen LogP contribution is -2.59. The van der Waals surface area contributed by atoms with E-state index in [0.29, 0.717) is 12.0 Å². The number of rotatable bonds is 14. The van der Waals surface area contributed by atoms with Crippen LogP contribution >= 0.6 is 0 Å². The molecule has 0 aromatic heterocycles. The van der Waals surface area contributed by atoms with Gasteiger partial charge in [-0.05, 0) is 29.5 Å². The Balaban J connectivity index is 3.21. The summed E-state index contributed by atoms with van der Waals surface area (Å²) in [5.74, 6) is -5.63.